The molecule has 9 heteroatoms. The van der Waals surface area contributed by atoms with Crippen molar-refractivity contribution in [2.45, 2.75) is 24.3 Å². The highest BCUT2D eigenvalue weighted by Gasteiger charge is 2.24. The Morgan fingerprint density at radius 3 is 2.58 bits per heavy atom. The van der Waals surface area contributed by atoms with E-state index in [2.05, 4.69) is 4.72 Å². The fourth-order valence-corrected chi connectivity index (χ4v) is 2.72. The maximum Gasteiger partial charge on any atom is 0.272 e. The Hall–Kier alpha value is -1.58. The first-order valence-corrected chi connectivity index (χ1v) is 6.87. The summed E-state index contributed by atoms with van der Waals surface area (Å²) in [6, 6.07) is 1.52. The van der Waals surface area contributed by atoms with Crippen LogP contribution in [0.1, 0.15) is 13.3 Å². The number of nitro groups is 1. The number of nitrogens with one attached hydrogen (secondary N) is 1. The SMILES string of the molecule is CC[C@H](CO)NS(=O)(=O)c1ccc([N+](=O)[O-])cc1F. The van der Waals surface area contributed by atoms with Gasteiger partial charge in [-0.25, -0.2) is 17.5 Å². The molecule has 0 radical (unpaired) electrons. The van der Waals surface area contributed by atoms with E-state index in [1.807, 2.05) is 0 Å². The Morgan fingerprint density at radius 1 is 1.53 bits per heavy atom. The van der Waals surface area contributed by atoms with Crippen LogP contribution in [0.4, 0.5) is 10.1 Å². The normalized spacial score (nSPS) is 13.2. The lowest BCUT2D eigenvalue weighted by Gasteiger charge is -2.14. The molecule has 0 aromatic heterocycles. The van der Waals surface area contributed by atoms with Crippen molar-refractivity contribution in [1.82, 2.24) is 4.72 Å². The number of rotatable bonds is 6. The zero-order valence-electron chi connectivity index (χ0n) is 10.0. The highest BCUT2D eigenvalue weighted by molar-refractivity contribution is 7.89. The Labute approximate surface area is 109 Å². The van der Waals surface area contributed by atoms with E-state index >= 15 is 0 Å². The van der Waals surface area contributed by atoms with Crippen LogP contribution in [0, 0.1) is 15.9 Å². The van der Waals surface area contributed by atoms with Crippen molar-refractivity contribution in [2.24, 2.45) is 0 Å². The highest BCUT2D eigenvalue weighted by Crippen LogP contribution is 2.20. The molecular weight excluding hydrogens is 279 g/mol. The van der Waals surface area contributed by atoms with Crippen molar-refractivity contribution in [1.29, 1.82) is 0 Å². The Kier molecular flexibility index (Phi) is 4.92. The number of nitrogens with zero attached hydrogens (tertiary/aromatic N) is 1. The summed E-state index contributed by atoms with van der Waals surface area (Å²) in [5.41, 5.74) is -0.536. The maximum absolute atomic E-state index is 13.6. The summed E-state index contributed by atoms with van der Waals surface area (Å²) >= 11 is 0. The van der Waals surface area contributed by atoms with Gasteiger partial charge in [-0.05, 0) is 12.5 Å². The lowest BCUT2D eigenvalue weighted by molar-refractivity contribution is -0.385. The molecule has 1 aromatic carbocycles. The third kappa shape index (κ3) is 3.69. The lowest BCUT2D eigenvalue weighted by Crippen LogP contribution is -2.37. The fourth-order valence-electron chi connectivity index (χ4n) is 1.35. The monoisotopic (exact) mass is 292 g/mol. The van der Waals surface area contributed by atoms with Gasteiger partial charge in [-0.2, -0.15) is 0 Å². The molecule has 1 aromatic rings. The first kappa shape index (κ1) is 15.5. The number of nitro benzene ring substituents is 1. The molecule has 1 atom stereocenters. The molecule has 0 aliphatic rings. The number of hydrogen-bond donors (Lipinski definition) is 2. The first-order chi connectivity index (χ1) is 8.81. The molecule has 0 aliphatic heterocycles. The second-order valence-corrected chi connectivity index (χ2v) is 5.46. The van der Waals surface area contributed by atoms with Crippen LogP contribution in [0.3, 0.4) is 0 Å². The standard InChI is InChI=1S/C10H13FN2O5S/c1-2-7(6-14)12-19(17,18)10-4-3-8(13(15)16)5-9(10)11/h3-5,7,12,14H,2,6H2,1H3/t7-/m1/s1. The van der Waals surface area contributed by atoms with Gasteiger partial charge >= 0.3 is 0 Å². The van der Waals surface area contributed by atoms with E-state index in [4.69, 9.17) is 5.11 Å². The number of aliphatic hydroxyl groups excluding tert-OH is 1. The van der Waals surface area contributed by atoms with Gasteiger partial charge in [-0.3, -0.25) is 10.1 Å². The predicted molar refractivity (Wildman–Crippen MR) is 64.5 cm³/mol. The van der Waals surface area contributed by atoms with Gasteiger partial charge in [-0.15, -0.1) is 0 Å². The number of hydrogen-bond acceptors (Lipinski definition) is 5. The van der Waals surface area contributed by atoms with E-state index in [1.54, 1.807) is 6.92 Å². The number of non-ortho nitro benzene ring substituents is 1. The van der Waals surface area contributed by atoms with E-state index in [0.29, 0.717) is 12.5 Å². The molecule has 0 saturated heterocycles. The van der Waals surface area contributed by atoms with Gasteiger partial charge in [0.2, 0.25) is 10.0 Å². The Balaban J connectivity index is 3.12. The number of aliphatic hydroxyl groups is 1. The van der Waals surface area contributed by atoms with E-state index in [0.717, 1.165) is 12.1 Å². The molecule has 2 N–H and O–H groups in total. The lowest BCUT2D eigenvalue weighted by atomic mass is 10.3. The minimum atomic E-state index is -4.16. The zero-order chi connectivity index (χ0) is 14.6. The van der Waals surface area contributed by atoms with Crippen LogP contribution in [0.25, 0.3) is 0 Å². The maximum atomic E-state index is 13.6. The van der Waals surface area contributed by atoms with Gasteiger partial charge in [0.25, 0.3) is 5.69 Å². The zero-order valence-corrected chi connectivity index (χ0v) is 10.9. The van der Waals surface area contributed by atoms with Gasteiger partial charge < -0.3 is 5.11 Å². The molecule has 0 spiro atoms. The molecule has 0 saturated carbocycles. The second kappa shape index (κ2) is 6.04. The number of benzene rings is 1. The molecule has 1 rings (SSSR count). The van der Waals surface area contributed by atoms with Crippen LogP contribution in [-0.2, 0) is 10.0 Å². The van der Waals surface area contributed by atoms with Gasteiger partial charge in [0, 0.05) is 12.1 Å². The minimum Gasteiger partial charge on any atom is -0.395 e. The van der Waals surface area contributed by atoms with Crippen LogP contribution >= 0.6 is 0 Å². The van der Waals surface area contributed by atoms with Crippen LogP contribution in [0.15, 0.2) is 23.1 Å². The van der Waals surface area contributed by atoms with Crippen molar-refractivity contribution >= 4 is 15.7 Å². The third-order valence-electron chi connectivity index (χ3n) is 2.45. The topological polar surface area (TPSA) is 110 Å². The average molecular weight is 292 g/mol. The van der Waals surface area contributed by atoms with Crippen LogP contribution in [-0.4, -0.2) is 31.1 Å². The van der Waals surface area contributed by atoms with Gasteiger partial charge in [0.1, 0.15) is 10.7 Å². The second-order valence-electron chi connectivity index (χ2n) is 3.78. The summed E-state index contributed by atoms with van der Waals surface area (Å²) in [5.74, 6) is -1.21. The molecular formula is C10H13FN2O5S. The summed E-state index contributed by atoms with van der Waals surface area (Å²) < 4.78 is 39.3. The van der Waals surface area contributed by atoms with E-state index < -0.39 is 44.0 Å². The van der Waals surface area contributed by atoms with Gasteiger partial charge in [0.05, 0.1) is 17.6 Å². The fraction of sp³-hybridized carbons (Fsp3) is 0.400. The van der Waals surface area contributed by atoms with Crippen molar-refractivity contribution in [2.75, 3.05) is 6.61 Å². The predicted octanol–water partition coefficient (Wildman–Crippen LogP) is 0.783. The molecule has 19 heavy (non-hydrogen) atoms. The van der Waals surface area contributed by atoms with Crippen molar-refractivity contribution in [3.63, 3.8) is 0 Å². The smallest absolute Gasteiger partial charge is 0.272 e. The van der Waals surface area contributed by atoms with E-state index in [1.165, 1.54) is 0 Å². The summed E-state index contributed by atoms with van der Waals surface area (Å²) in [5, 5.41) is 19.3. The van der Waals surface area contributed by atoms with Crippen LogP contribution < -0.4 is 4.72 Å². The molecule has 0 bridgehead atoms. The molecule has 0 fully saturated rings. The van der Waals surface area contributed by atoms with E-state index in [9.17, 15) is 22.9 Å². The first-order valence-electron chi connectivity index (χ1n) is 5.39. The highest BCUT2D eigenvalue weighted by atomic mass is 32.2. The Morgan fingerprint density at radius 2 is 2.16 bits per heavy atom. The summed E-state index contributed by atoms with van der Waals surface area (Å²) in [4.78, 5) is 8.91. The number of sulfonamides is 1. The molecule has 0 unspecified atom stereocenters. The average Bonchev–Trinajstić information content (AvgIpc) is 2.35. The molecule has 7 nitrogen and oxygen atoms in total. The molecule has 0 aliphatic carbocycles. The molecule has 0 amide bonds. The minimum absolute atomic E-state index is 0.324. The van der Waals surface area contributed by atoms with E-state index in [-0.39, 0.29) is 0 Å². The molecule has 106 valence electrons. The quantitative estimate of drug-likeness (QED) is 0.595. The van der Waals surface area contributed by atoms with Crippen LogP contribution in [0.2, 0.25) is 0 Å². The molecule has 0 heterocycles. The third-order valence-corrected chi connectivity index (χ3v) is 4.00. The summed E-state index contributed by atoms with van der Waals surface area (Å²) in [6.45, 7) is 1.22. The summed E-state index contributed by atoms with van der Waals surface area (Å²) in [7, 11) is -4.16. The largest absolute Gasteiger partial charge is 0.395 e. The number of halogens is 1. The van der Waals surface area contributed by atoms with Gasteiger partial charge in [0.15, 0.2) is 0 Å². The Bertz CT molecular complexity index is 571. The van der Waals surface area contributed by atoms with Crippen molar-refractivity contribution in [3.05, 3.63) is 34.1 Å². The van der Waals surface area contributed by atoms with Crippen molar-refractivity contribution in [3.8, 4) is 0 Å². The van der Waals surface area contributed by atoms with Crippen molar-refractivity contribution < 1.29 is 22.8 Å². The van der Waals surface area contributed by atoms with Gasteiger partial charge in [-0.1, -0.05) is 6.92 Å². The summed E-state index contributed by atoms with van der Waals surface area (Å²) in [6.07, 6.45) is 0.324. The van der Waals surface area contributed by atoms with Crippen LogP contribution in [0.5, 0.6) is 0 Å².